The lowest BCUT2D eigenvalue weighted by molar-refractivity contribution is 0.268. The van der Waals surface area contributed by atoms with E-state index in [-0.39, 0.29) is 6.61 Å². The van der Waals surface area contributed by atoms with Crippen molar-refractivity contribution < 1.29 is 5.11 Å². The third-order valence-corrected chi connectivity index (χ3v) is 2.55. The summed E-state index contributed by atoms with van der Waals surface area (Å²) in [6.45, 7) is 1.71. The van der Waals surface area contributed by atoms with Crippen molar-refractivity contribution in [2.24, 2.45) is 0 Å². The second kappa shape index (κ2) is 4.52. The van der Waals surface area contributed by atoms with Crippen molar-refractivity contribution >= 4 is 0 Å². The molecule has 5 nitrogen and oxygen atoms in total. The van der Waals surface area contributed by atoms with Crippen LogP contribution >= 0.6 is 0 Å². The Morgan fingerprint density at radius 3 is 3.21 bits per heavy atom. The average Bonchev–Trinajstić information content (AvgIpc) is 2.68. The van der Waals surface area contributed by atoms with Gasteiger partial charge >= 0.3 is 0 Å². The molecule has 1 aliphatic heterocycles. The Bertz CT molecular complexity index is 280. The van der Waals surface area contributed by atoms with Crippen LogP contribution in [-0.4, -0.2) is 33.3 Å². The highest BCUT2D eigenvalue weighted by Crippen LogP contribution is 2.20. The standard InChI is InChI=1S/C9H16N4O/c14-6-5-13-7-9(11-12-13)8-3-1-2-4-10-8/h7-8,10,14H,1-6H2. The molecule has 0 radical (unpaired) electrons. The van der Waals surface area contributed by atoms with E-state index in [0.717, 1.165) is 18.7 Å². The van der Waals surface area contributed by atoms with Crippen molar-refractivity contribution in [1.82, 2.24) is 20.3 Å². The molecule has 0 saturated carbocycles. The van der Waals surface area contributed by atoms with Gasteiger partial charge in [0.05, 0.1) is 31.1 Å². The van der Waals surface area contributed by atoms with Gasteiger partial charge in [0, 0.05) is 0 Å². The fraction of sp³-hybridized carbons (Fsp3) is 0.778. The molecule has 1 saturated heterocycles. The van der Waals surface area contributed by atoms with E-state index >= 15 is 0 Å². The molecule has 1 aromatic rings. The van der Waals surface area contributed by atoms with Crippen LogP contribution in [0.15, 0.2) is 6.20 Å². The van der Waals surface area contributed by atoms with Gasteiger partial charge in [-0.05, 0) is 19.4 Å². The smallest absolute Gasteiger partial charge is 0.0996 e. The Labute approximate surface area is 83.1 Å². The van der Waals surface area contributed by atoms with E-state index in [2.05, 4.69) is 15.6 Å². The topological polar surface area (TPSA) is 63.0 Å². The van der Waals surface area contributed by atoms with Gasteiger partial charge in [0.15, 0.2) is 0 Å². The Kier molecular flexibility index (Phi) is 3.10. The summed E-state index contributed by atoms with van der Waals surface area (Å²) >= 11 is 0. The van der Waals surface area contributed by atoms with E-state index in [4.69, 9.17) is 5.11 Å². The number of piperidine rings is 1. The van der Waals surface area contributed by atoms with Crippen LogP contribution in [0.5, 0.6) is 0 Å². The molecule has 14 heavy (non-hydrogen) atoms. The first-order valence-electron chi connectivity index (χ1n) is 5.14. The lowest BCUT2D eigenvalue weighted by Crippen LogP contribution is -2.27. The molecular formula is C9H16N4O. The highest BCUT2D eigenvalue weighted by atomic mass is 16.3. The number of hydrogen-bond donors (Lipinski definition) is 2. The zero-order valence-electron chi connectivity index (χ0n) is 8.19. The maximum atomic E-state index is 8.74. The van der Waals surface area contributed by atoms with Crippen molar-refractivity contribution in [3.8, 4) is 0 Å². The van der Waals surface area contributed by atoms with Gasteiger partial charge in [-0.2, -0.15) is 0 Å². The number of nitrogens with one attached hydrogen (secondary N) is 1. The molecule has 0 aliphatic carbocycles. The number of nitrogens with zero attached hydrogens (tertiary/aromatic N) is 3. The number of aliphatic hydroxyl groups excluding tert-OH is 1. The second-order valence-corrected chi connectivity index (χ2v) is 3.63. The zero-order valence-corrected chi connectivity index (χ0v) is 8.19. The third kappa shape index (κ3) is 2.10. The van der Waals surface area contributed by atoms with E-state index < -0.39 is 0 Å². The van der Waals surface area contributed by atoms with Crippen molar-refractivity contribution in [3.05, 3.63) is 11.9 Å². The fourth-order valence-electron chi connectivity index (χ4n) is 1.79. The van der Waals surface area contributed by atoms with E-state index in [1.807, 2.05) is 6.20 Å². The van der Waals surface area contributed by atoms with E-state index in [9.17, 15) is 0 Å². The van der Waals surface area contributed by atoms with Crippen molar-refractivity contribution in [3.63, 3.8) is 0 Å². The van der Waals surface area contributed by atoms with Gasteiger partial charge in [0.25, 0.3) is 0 Å². The molecule has 2 heterocycles. The molecule has 2 N–H and O–H groups in total. The molecular weight excluding hydrogens is 180 g/mol. The first kappa shape index (κ1) is 9.61. The normalized spacial score (nSPS) is 22.5. The minimum atomic E-state index is 0.112. The lowest BCUT2D eigenvalue weighted by Gasteiger charge is -2.20. The Hall–Kier alpha value is -0.940. The lowest BCUT2D eigenvalue weighted by atomic mass is 10.0. The molecule has 1 unspecified atom stereocenters. The van der Waals surface area contributed by atoms with Crippen molar-refractivity contribution in [1.29, 1.82) is 0 Å². The zero-order chi connectivity index (χ0) is 9.80. The maximum absolute atomic E-state index is 8.74. The van der Waals surface area contributed by atoms with E-state index in [0.29, 0.717) is 12.6 Å². The molecule has 0 aromatic carbocycles. The Morgan fingerprint density at radius 2 is 2.50 bits per heavy atom. The molecule has 1 fully saturated rings. The summed E-state index contributed by atoms with van der Waals surface area (Å²) in [6.07, 6.45) is 5.56. The summed E-state index contributed by atoms with van der Waals surface area (Å²) in [6, 6.07) is 0.358. The summed E-state index contributed by atoms with van der Waals surface area (Å²) in [5, 5.41) is 20.2. The summed E-state index contributed by atoms with van der Waals surface area (Å²) in [5.41, 5.74) is 0.998. The number of hydrogen-bond acceptors (Lipinski definition) is 4. The number of rotatable bonds is 3. The van der Waals surface area contributed by atoms with Crippen molar-refractivity contribution in [2.45, 2.75) is 31.8 Å². The first-order valence-corrected chi connectivity index (χ1v) is 5.14. The van der Waals surface area contributed by atoms with Crippen LogP contribution in [0.25, 0.3) is 0 Å². The molecule has 2 rings (SSSR count). The van der Waals surface area contributed by atoms with Crippen LogP contribution in [0.4, 0.5) is 0 Å². The predicted molar refractivity (Wildman–Crippen MR) is 51.7 cm³/mol. The van der Waals surface area contributed by atoms with E-state index in [1.165, 1.54) is 12.8 Å². The van der Waals surface area contributed by atoms with Gasteiger partial charge in [-0.15, -0.1) is 5.10 Å². The molecule has 1 aromatic heterocycles. The largest absolute Gasteiger partial charge is 0.394 e. The summed E-state index contributed by atoms with van der Waals surface area (Å²) in [5.74, 6) is 0. The highest BCUT2D eigenvalue weighted by Gasteiger charge is 2.17. The van der Waals surface area contributed by atoms with Gasteiger partial charge in [-0.25, -0.2) is 4.68 Å². The average molecular weight is 196 g/mol. The second-order valence-electron chi connectivity index (χ2n) is 3.63. The maximum Gasteiger partial charge on any atom is 0.0996 e. The SMILES string of the molecule is OCCn1cc(C2CCCCN2)nn1. The molecule has 0 bridgehead atoms. The molecule has 1 aliphatic rings. The number of aromatic nitrogens is 3. The minimum absolute atomic E-state index is 0.112. The summed E-state index contributed by atoms with van der Waals surface area (Å²) < 4.78 is 1.69. The molecule has 1 atom stereocenters. The minimum Gasteiger partial charge on any atom is -0.394 e. The Morgan fingerprint density at radius 1 is 1.57 bits per heavy atom. The van der Waals surface area contributed by atoms with Crippen LogP contribution in [0.2, 0.25) is 0 Å². The molecule has 5 heteroatoms. The van der Waals surface area contributed by atoms with Gasteiger partial charge in [0.1, 0.15) is 0 Å². The first-order chi connectivity index (χ1) is 6.90. The van der Waals surface area contributed by atoms with Gasteiger partial charge in [-0.3, -0.25) is 0 Å². The van der Waals surface area contributed by atoms with Crippen LogP contribution in [0, 0.1) is 0 Å². The third-order valence-electron chi connectivity index (χ3n) is 2.55. The molecule has 0 amide bonds. The highest BCUT2D eigenvalue weighted by molar-refractivity contribution is 5.01. The van der Waals surface area contributed by atoms with Crippen LogP contribution in [-0.2, 0) is 6.54 Å². The molecule has 78 valence electrons. The number of aliphatic hydroxyl groups is 1. The van der Waals surface area contributed by atoms with Gasteiger partial charge < -0.3 is 10.4 Å². The van der Waals surface area contributed by atoms with Crippen LogP contribution in [0.1, 0.15) is 31.0 Å². The quantitative estimate of drug-likeness (QED) is 0.719. The van der Waals surface area contributed by atoms with E-state index in [1.54, 1.807) is 4.68 Å². The monoisotopic (exact) mass is 196 g/mol. The Balaban J connectivity index is 2.00. The van der Waals surface area contributed by atoms with Gasteiger partial charge in [-0.1, -0.05) is 11.6 Å². The van der Waals surface area contributed by atoms with Crippen LogP contribution in [0.3, 0.4) is 0 Å². The predicted octanol–water partition coefficient (Wildman–Crippen LogP) is 0.0850. The van der Waals surface area contributed by atoms with Crippen molar-refractivity contribution in [2.75, 3.05) is 13.2 Å². The van der Waals surface area contributed by atoms with Gasteiger partial charge in [0.2, 0.25) is 0 Å². The summed E-state index contributed by atoms with van der Waals surface area (Å²) in [4.78, 5) is 0. The van der Waals surface area contributed by atoms with Crippen LogP contribution < -0.4 is 5.32 Å². The molecule has 0 spiro atoms. The fourth-order valence-corrected chi connectivity index (χ4v) is 1.79. The summed E-state index contributed by atoms with van der Waals surface area (Å²) in [7, 11) is 0.